The molecular weight excluding hydrogens is 210 g/mol. The molecule has 0 aliphatic heterocycles. The predicted molar refractivity (Wildman–Crippen MR) is 56.0 cm³/mol. The highest BCUT2D eigenvalue weighted by molar-refractivity contribution is 5.93. The number of hydrogen-bond acceptors (Lipinski definition) is 3. The predicted octanol–water partition coefficient (Wildman–Crippen LogP) is 1.12. The summed E-state index contributed by atoms with van der Waals surface area (Å²) in [5.41, 5.74) is 0. The highest BCUT2D eigenvalue weighted by Crippen LogP contribution is 2.08. The number of hydrogen-bond donors (Lipinski definition) is 2. The Morgan fingerprint density at radius 2 is 2.19 bits per heavy atom. The van der Waals surface area contributed by atoms with Crippen molar-refractivity contribution in [3.05, 3.63) is 23.7 Å². The van der Waals surface area contributed by atoms with Gasteiger partial charge in [-0.3, -0.25) is 4.79 Å². The van der Waals surface area contributed by atoms with Crippen molar-refractivity contribution in [2.75, 3.05) is 0 Å². The van der Waals surface area contributed by atoms with Gasteiger partial charge in [-0.15, -0.1) is 6.42 Å². The summed E-state index contributed by atoms with van der Waals surface area (Å²) in [6.45, 7) is 1.83. The van der Waals surface area contributed by atoms with Gasteiger partial charge in [-0.1, -0.05) is 12.8 Å². The lowest BCUT2D eigenvalue weighted by molar-refractivity contribution is 0.0659. The van der Waals surface area contributed by atoms with E-state index in [0.717, 1.165) is 0 Å². The standard InChI is InChI=1S/C11H11NO4/c1-3-7(4-2)12-10(13)8-5-6-9(16-8)11(14)15/h1,5-7H,4H2,2H3,(H,12,13)(H,14,15). The fraction of sp³-hybridized carbons (Fsp3) is 0.273. The fourth-order valence-corrected chi connectivity index (χ4v) is 1.07. The number of rotatable bonds is 4. The van der Waals surface area contributed by atoms with Crippen LogP contribution in [-0.4, -0.2) is 23.0 Å². The zero-order valence-corrected chi connectivity index (χ0v) is 8.69. The number of carboxylic acid groups (broad SMARTS) is 1. The second kappa shape index (κ2) is 5.03. The Kier molecular flexibility index (Phi) is 3.72. The summed E-state index contributed by atoms with van der Waals surface area (Å²) in [4.78, 5) is 22.0. The third-order valence-corrected chi connectivity index (χ3v) is 1.96. The van der Waals surface area contributed by atoms with Crippen molar-refractivity contribution in [2.24, 2.45) is 0 Å². The van der Waals surface area contributed by atoms with Crippen LogP contribution >= 0.6 is 0 Å². The summed E-state index contributed by atoms with van der Waals surface area (Å²) < 4.78 is 4.82. The highest BCUT2D eigenvalue weighted by Gasteiger charge is 2.16. The van der Waals surface area contributed by atoms with E-state index in [1.54, 1.807) is 0 Å². The lowest BCUT2D eigenvalue weighted by Gasteiger charge is -2.08. The van der Waals surface area contributed by atoms with Crippen LogP contribution in [0.1, 0.15) is 34.5 Å². The van der Waals surface area contributed by atoms with Gasteiger partial charge in [-0.05, 0) is 18.6 Å². The maximum Gasteiger partial charge on any atom is 0.371 e. The Bertz CT molecular complexity index is 441. The Labute approximate surface area is 92.4 Å². The highest BCUT2D eigenvalue weighted by atomic mass is 16.4. The molecule has 84 valence electrons. The van der Waals surface area contributed by atoms with Crippen molar-refractivity contribution < 1.29 is 19.1 Å². The second-order valence-electron chi connectivity index (χ2n) is 3.07. The minimum Gasteiger partial charge on any atom is -0.475 e. The topological polar surface area (TPSA) is 79.5 Å². The molecule has 1 heterocycles. The number of carbonyl (C=O) groups excluding carboxylic acids is 1. The molecule has 0 bridgehead atoms. The van der Waals surface area contributed by atoms with Gasteiger partial charge in [0.2, 0.25) is 5.76 Å². The van der Waals surface area contributed by atoms with Crippen LogP contribution < -0.4 is 5.32 Å². The zero-order valence-electron chi connectivity index (χ0n) is 8.69. The molecule has 0 aromatic carbocycles. The number of amides is 1. The summed E-state index contributed by atoms with van der Waals surface area (Å²) in [5.74, 6) is 0.314. The Morgan fingerprint density at radius 3 is 2.62 bits per heavy atom. The average molecular weight is 221 g/mol. The van der Waals surface area contributed by atoms with E-state index in [1.807, 2.05) is 6.92 Å². The Morgan fingerprint density at radius 1 is 1.56 bits per heavy atom. The molecule has 0 aliphatic carbocycles. The maximum absolute atomic E-state index is 11.5. The van der Waals surface area contributed by atoms with Crippen molar-refractivity contribution in [3.63, 3.8) is 0 Å². The van der Waals surface area contributed by atoms with Gasteiger partial charge in [0.25, 0.3) is 5.91 Å². The van der Waals surface area contributed by atoms with E-state index in [4.69, 9.17) is 15.9 Å². The molecule has 1 atom stereocenters. The molecule has 0 aliphatic rings. The molecule has 1 unspecified atom stereocenters. The first-order valence-electron chi connectivity index (χ1n) is 4.68. The molecule has 5 heteroatoms. The summed E-state index contributed by atoms with van der Waals surface area (Å²) in [6.07, 6.45) is 5.77. The summed E-state index contributed by atoms with van der Waals surface area (Å²) in [7, 11) is 0. The molecular formula is C11H11NO4. The minimum atomic E-state index is -1.22. The largest absolute Gasteiger partial charge is 0.475 e. The van der Waals surface area contributed by atoms with Crippen molar-refractivity contribution >= 4 is 11.9 Å². The molecule has 0 fully saturated rings. The van der Waals surface area contributed by atoms with Gasteiger partial charge in [0.1, 0.15) is 0 Å². The smallest absolute Gasteiger partial charge is 0.371 e. The monoisotopic (exact) mass is 221 g/mol. The van der Waals surface area contributed by atoms with Crippen LogP contribution in [0.25, 0.3) is 0 Å². The van der Waals surface area contributed by atoms with Gasteiger partial charge in [0.05, 0.1) is 6.04 Å². The number of aromatic carboxylic acids is 1. The molecule has 0 radical (unpaired) electrons. The summed E-state index contributed by atoms with van der Waals surface area (Å²) in [6, 6.07) is 2.13. The number of nitrogens with one attached hydrogen (secondary N) is 1. The summed E-state index contributed by atoms with van der Waals surface area (Å²) in [5, 5.41) is 11.1. The normalized spacial score (nSPS) is 11.5. The maximum atomic E-state index is 11.5. The van der Waals surface area contributed by atoms with Crippen molar-refractivity contribution in [1.82, 2.24) is 5.32 Å². The third kappa shape index (κ3) is 2.64. The number of carboxylic acids is 1. The zero-order chi connectivity index (χ0) is 12.1. The number of furan rings is 1. The summed E-state index contributed by atoms with van der Waals surface area (Å²) >= 11 is 0. The Hall–Kier alpha value is -2.22. The second-order valence-corrected chi connectivity index (χ2v) is 3.07. The quantitative estimate of drug-likeness (QED) is 0.746. The molecule has 1 aromatic rings. The van der Waals surface area contributed by atoms with Crippen molar-refractivity contribution in [3.8, 4) is 12.3 Å². The molecule has 1 amide bonds. The van der Waals surface area contributed by atoms with E-state index in [1.165, 1.54) is 12.1 Å². The van der Waals surface area contributed by atoms with Crippen LogP contribution in [-0.2, 0) is 0 Å². The van der Waals surface area contributed by atoms with Crippen molar-refractivity contribution in [2.45, 2.75) is 19.4 Å². The number of terminal acetylenes is 1. The van der Waals surface area contributed by atoms with Gasteiger partial charge in [0.15, 0.2) is 5.76 Å². The van der Waals surface area contributed by atoms with E-state index in [-0.39, 0.29) is 17.6 Å². The minimum absolute atomic E-state index is 0.0638. The van der Waals surface area contributed by atoms with Gasteiger partial charge >= 0.3 is 5.97 Å². The van der Waals surface area contributed by atoms with Crippen LogP contribution in [0.15, 0.2) is 16.5 Å². The first kappa shape index (κ1) is 11.9. The molecule has 5 nitrogen and oxygen atoms in total. The van der Waals surface area contributed by atoms with Gasteiger partial charge in [-0.2, -0.15) is 0 Å². The fourth-order valence-electron chi connectivity index (χ4n) is 1.07. The number of carbonyl (C=O) groups is 2. The van der Waals surface area contributed by atoms with Gasteiger partial charge in [0, 0.05) is 0 Å². The van der Waals surface area contributed by atoms with Crippen LogP contribution in [0.3, 0.4) is 0 Å². The average Bonchev–Trinajstić information content (AvgIpc) is 2.74. The van der Waals surface area contributed by atoms with Crippen LogP contribution in [0, 0.1) is 12.3 Å². The molecule has 1 aromatic heterocycles. The SMILES string of the molecule is C#CC(CC)NC(=O)c1ccc(C(=O)O)o1. The molecule has 0 saturated carbocycles. The van der Waals surface area contributed by atoms with Crippen LogP contribution in [0.4, 0.5) is 0 Å². The van der Waals surface area contributed by atoms with E-state index in [9.17, 15) is 9.59 Å². The van der Waals surface area contributed by atoms with Gasteiger partial charge in [-0.25, -0.2) is 4.79 Å². The third-order valence-electron chi connectivity index (χ3n) is 1.96. The van der Waals surface area contributed by atoms with E-state index >= 15 is 0 Å². The molecule has 16 heavy (non-hydrogen) atoms. The first-order valence-corrected chi connectivity index (χ1v) is 4.68. The molecule has 2 N–H and O–H groups in total. The Balaban J connectivity index is 2.74. The molecule has 0 saturated heterocycles. The lowest BCUT2D eigenvalue weighted by atomic mass is 10.2. The first-order chi connectivity index (χ1) is 7.58. The lowest BCUT2D eigenvalue weighted by Crippen LogP contribution is -2.32. The van der Waals surface area contributed by atoms with Gasteiger partial charge < -0.3 is 14.8 Å². The van der Waals surface area contributed by atoms with E-state index < -0.39 is 11.9 Å². The molecule has 1 rings (SSSR count). The van der Waals surface area contributed by atoms with E-state index in [0.29, 0.717) is 6.42 Å². The van der Waals surface area contributed by atoms with Crippen molar-refractivity contribution in [1.29, 1.82) is 0 Å². The van der Waals surface area contributed by atoms with Crippen LogP contribution in [0.2, 0.25) is 0 Å². The van der Waals surface area contributed by atoms with E-state index in [2.05, 4.69) is 11.2 Å². The molecule has 0 spiro atoms. The van der Waals surface area contributed by atoms with Crippen LogP contribution in [0.5, 0.6) is 0 Å².